The molecule has 0 aromatic carbocycles. The molecule has 0 aliphatic carbocycles. The fourth-order valence-electron chi connectivity index (χ4n) is 3.39. The number of hydrogen-bond acceptors (Lipinski definition) is 7. The van der Waals surface area contributed by atoms with E-state index in [4.69, 9.17) is 9.05 Å². The lowest BCUT2D eigenvalue weighted by atomic mass is 9.93. The maximum absolute atomic E-state index is 12.3. The lowest BCUT2D eigenvalue weighted by Crippen LogP contribution is -2.37. The van der Waals surface area contributed by atoms with Gasteiger partial charge in [0.1, 0.15) is 5.76 Å². The van der Waals surface area contributed by atoms with Crippen LogP contribution in [0.3, 0.4) is 0 Å². The van der Waals surface area contributed by atoms with Gasteiger partial charge in [-0.2, -0.15) is 0 Å². The summed E-state index contributed by atoms with van der Waals surface area (Å²) < 4.78 is 10.1. The highest BCUT2D eigenvalue weighted by molar-refractivity contribution is 5.91. The van der Waals surface area contributed by atoms with Gasteiger partial charge in [0, 0.05) is 31.3 Å². The number of nitrogens with zero attached hydrogens (tertiary/aromatic N) is 5. The molecule has 1 aliphatic heterocycles. The van der Waals surface area contributed by atoms with Crippen molar-refractivity contribution in [2.75, 3.05) is 13.1 Å². The van der Waals surface area contributed by atoms with E-state index < -0.39 is 0 Å². The molecule has 0 N–H and O–H groups in total. The van der Waals surface area contributed by atoms with Crippen molar-refractivity contribution in [3.05, 3.63) is 47.6 Å². The Balaban J connectivity index is 1.43. The molecule has 0 unspecified atom stereocenters. The van der Waals surface area contributed by atoms with Crippen LogP contribution < -0.4 is 0 Å². The molecule has 1 aliphatic rings. The first-order valence-corrected chi connectivity index (χ1v) is 8.58. The maximum Gasteiger partial charge on any atom is 0.292 e. The third-order valence-corrected chi connectivity index (χ3v) is 4.81. The summed E-state index contributed by atoms with van der Waals surface area (Å²) in [7, 11) is 0. The Kier molecular flexibility index (Phi) is 4.24. The Bertz CT molecular complexity index is 874. The van der Waals surface area contributed by atoms with E-state index in [9.17, 15) is 4.79 Å². The molecule has 3 aromatic rings. The van der Waals surface area contributed by atoms with E-state index in [1.165, 1.54) is 6.20 Å². The van der Waals surface area contributed by atoms with Gasteiger partial charge in [-0.25, -0.2) is 0 Å². The van der Waals surface area contributed by atoms with E-state index in [2.05, 4.69) is 20.3 Å². The standard InChI is InChI=1S/C18H19N5O3/c1-11-17(12(2)25-22-11)15-10-19-14(9-20-15)13-4-7-23(8-5-13)18(24)16-3-6-21-26-16/h3,6,9-10,13H,4-5,7-8H2,1-2H3. The van der Waals surface area contributed by atoms with Crippen LogP contribution in [0.5, 0.6) is 0 Å². The van der Waals surface area contributed by atoms with Crippen LogP contribution >= 0.6 is 0 Å². The molecule has 134 valence electrons. The normalized spacial score (nSPS) is 15.4. The second-order valence-electron chi connectivity index (χ2n) is 6.47. The second-order valence-corrected chi connectivity index (χ2v) is 6.47. The minimum absolute atomic E-state index is 0.110. The number of hydrogen-bond donors (Lipinski definition) is 0. The van der Waals surface area contributed by atoms with E-state index >= 15 is 0 Å². The summed E-state index contributed by atoms with van der Waals surface area (Å²) in [5.41, 5.74) is 3.43. The molecule has 8 heteroatoms. The summed E-state index contributed by atoms with van der Waals surface area (Å²) in [4.78, 5) is 23.2. The highest BCUT2D eigenvalue weighted by Crippen LogP contribution is 2.29. The number of aryl methyl sites for hydroxylation is 2. The number of carbonyl (C=O) groups excluding carboxylic acids is 1. The molecule has 0 bridgehead atoms. The molecule has 8 nitrogen and oxygen atoms in total. The van der Waals surface area contributed by atoms with Crippen molar-refractivity contribution < 1.29 is 13.8 Å². The fourth-order valence-corrected chi connectivity index (χ4v) is 3.39. The Morgan fingerprint density at radius 2 is 1.96 bits per heavy atom. The predicted octanol–water partition coefficient (Wildman–Crippen LogP) is 2.76. The molecule has 0 radical (unpaired) electrons. The van der Waals surface area contributed by atoms with Crippen LogP contribution in [0.15, 0.2) is 33.7 Å². The summed E-state index contributed by atoms with van der Waals surface area (Å²) >= 11 is 0. The van der Waals surface area contributed by atoms with Gasteiger partial charge >= 0.3 is 0 Å². The minimum Gasteiger partial charge on any atom is -0.361 e. The SMILES string of the molecule is Cc1noc(C)c1-c1cnc(C2CCN(C(=O)c3ccno3)CC2)cn1. The largest absolute Gasteiger partial charge is 0.361 e. The fraction of sp³-hybridized carbons (Fsp3) is 0.389. The molecular weight excluding hydrogens is 334 g/mol. The number of carbonyl (C=O) groups is 1. The van der Waals surface area contributed by atoms with Gasteiger partial charge in [0.2, 0.25) is 5.76 Å². The molecule has 26 heavy (non-hydrogen) atoms. The van der Waals surface area contributed by atoms with E-state index in [-0.39, 0.29) is 11.7 Å². The van der Waals surface area contributed by atoms with Crippen LogP contribution in [0, 0.1) is 13.8 Å². The van der Waals surface area contributed by atoms with Gasteiger partial charge in [0.15, 0.2) is 0 Å². The lowest BCUT2D eigenvalue weighted by Gasteiger charge is -2.30. The van der Waals surface area contributed by atoms with E-state index in [1.807, 2.05) is 20.0 Å². The summed E-state index contributed by atoms with van der Waals surface area (Å²) in [6, 6.07) is 1.59. The van der Waals surface area contributed by atoms with Crippen molar-refractivity contribution in [3.63, 3.8) is 0 Å². The van der Waals surface area contributed by atoms with Gasteiger partial charge in [-0.05, 0) is 26.7 Å². The van der Waals surface area contributed by atoms with Crippen LogP contribution in [-0.2, 0) is 0 Å². The van der Waals surface area contributed by atoms with Gasteiger partial charge in [-0.1, -0.05) is 10.3 Å². The minimum atomic E-state index is -0.110. The smallest absolute Gasteiger partial charge is 0.292 e. The van der Waals surface area contributed by atoms with Crippen LogP contribution in [-0.4, -0.2) is 44.2 Å². The second kappa shape index (κ2) is 6.70. The Morgan fingerprint density at radius 3 is 2.54 bits per heavy atom. The van der Waals surface area contributed by atoms with Crippen molar-refractivity contribution in [2.24, 2.45) is 0 Å². The van der Waals surface area contributed by atoms with Crippen molar-refractivity contribution in [3.8, 4) is 11.3 Å². The summed E-state index contributed by atoms with van der Waals surface area (Å²) in [5, 5.41) is 7.55. The number of piperidine rings is 1. The predicted molar refractivity (Wildman–Crippen MR) is 91.4 cm³/mol. The third-order valence-electron chi connectivity index (χ3n) is 4.81. The molecular formula is C18H19N5O3. The van der Waals surface area contributed by atoms with Crippen LogP contribution in [0.4, 0.5) is 0 Å². The molecule has 1 saturated heterocycles. The summed E-state index contributed by atoms with van der Waals surface area (Å²) in [6.45, 7) is 5.09. The lowest BCUT2D eigenvalue weighted by molar-refractivity contribution is 0.0670. The Morgan fingerprint density at radius 1 is 1.15 bits per heavy atom. The quantitative estimate of drug-likeness (QED) is 0.714. The molecule has 1 amide bonds. The number of rotatable bonds is 3. The third kappa shape index (κ3) is 2.98. The first-order chi connectivity index (χ1) is 12.6. The molecule has 0 saturated carbocycles. The summed E-state index contributed by atoms with van der Waals surface area (Å²) in [6.07, 6.45) is 6.77. The highest BCUT2D eigenvalue weighted by atomic mass is 16.5. The van der Waals surface area contributed by atoms with Gasteiger partial charge in [-0.3, -0.25) is 14.8 Å². The van der Waals surface area contributed by atoms with Crippen molar-refractivity contribution in [1.29, 1.82) is 0 Å². The molecule has 4 heterocycles. The van der Waals surface area contributed by atoms with Gasteiger partial charge in [-0.15, -0.1) is 0 Å². The number of amides is 1. The highest BCUT2D eigenvalue weighted by Gasteiger charge is 2.27. The topological polar surface area (TPSA) is 98.2 Å². The molecule has 0 atom stereocenters. The Hall–Kier alpha value is -3.03. The van der Waals surface area contributed by atoms with Gasteiger partial charge < -0.3 is 13.9 Å². The van der Waals surface area contributed by atoms with Crippen molar-refractivity contribution >= 4 is 5.91 Å². The average molecular weight is 353 g/mol. The van der Waals surface area contributed by atoms with E-state index in [0.717, 1.165) is 41.2 Å². The first-order valence-electron chi connectivity index (χ1n) is 8.58. The first kappa shape index (κ1) is 16.4. The molecule has 3 aromatic heterocycles. The van der Waals surface area contributed by atoms with Crippen LogP contribution in [0.25, 0.3) is 11.3 Å². The van der Waals surface area contributed by atoms with E-state index in [0.29, 0.717) is 19.0 Å². The van der Waals surface area contributed by atoms with E-state index in [1.54, 1.807) is 17.2 Å². The molecule has 1 fully saturated rings. The summed E-state index contributed by atoms with van der Waals surface area (Å²) in [5.74, 6) is 1.21. The van der Waals surface area contributed by atoms with Crippen LogP contribution in [0.2, 0.25) is 0 Å². The van der Waals surface area contributed by atoms with Crippen molar-refractivity contribution in [2.45, 2.75) is 32.6 Å². The maximum atomic E-state index is 12.3. The monoisotopic (exact) mass is 353 g/mol. The molecule has 4 rings (SSSR count). The van der Waals surface area contributed by atoms with Gasteiger partial charge in [0.25, 0.3) is 5.91 Å². The van der Waals surface area contributed by atoms with Crippen LogP contribution in [0.1, 0.15) is 46.5 Å². The number of likely N-dealkylation sites (tertiary alicyclic amines) is 1. The average Bonchev–Trinajstić information content (AvgIpc) is 3.32. The zero-order valence-corrected chi connectivity index (χ0v) is 14.7. The zero-order valence-electron chi connectivity index (χ0n) is 14.7. The van der Waals surface area contributed by atoms with Gasteiger partial charge in [0.05, 0.1) is 35.0 Å². The van der Waals surface area contributed by atoms with Crippen molar-refractivity contribution in [1.82, 2.24) is 25.2 Å². The Labute approximate surface area is 150 Å². The molecule has 0 spiro atoms. The number of aromatic nitrogens is 4. The zero-order chi connectivity index (χ0) is 18.1.